The summed E-state index contributed by atoms with van der Waals surface area (Å²) in [7, 11) is 2.24. The minimum Gasteiger partial charge on any atom is -0.307 e. The van der Waals surface area contributed by atoms with Crippen LogP contribution >= 0.6 is 0 Å². The van der Waals surface area contributed by atoms with Crippen molar-refractivity contribution in [1.29, 1.82) is 0 Å². The summed E-state index contributed by atoms with van der Waals surface area (Å²) >= 11 is 0. The van der Waals surface area contributed by atoms with E-state index in [2.05, 4.69) is 37.6 Å². The molecule has 0 atom stereocenters. The van der Waals surface area contributed by atoms with Gasteiger partial charge in [-0.1, -0.05) is 124 Å². The highest BCUT2D eigenvalue weighted by Crippen LogP contribution is 2.13. The van der Waals surface area contributed by atoms with Crippen LogP contribution in [0.2, 0.25) is 0 Å². The maximum absolute atomic E-state index is 2.78. The Kier molecular flexibility index (Phi) is 26.1. The highest BCUT2D eigenvalue weighted by molar-refractivity contribution is 4.60. The van der Waals surface area contributed by atoms with Gasteiger partial charge in [0.25, 0.3) is 0 Å². The minimum atomic E-state index is 1.19. The summed E-state index contributed by atoms with van der Waals surface area (Å²) in [6, 6.07) is 0. The van der Waals surface area contributed by atoms with Crippen molar-refractivity contribution in [2.45, 2.75) is 149 Å². The van der Waals surface area contributed by atoms with E-state index in [0.717, 1.165) is 0 Å². The summed E-state index contributed by atoms with van der Waals surface area (Å²) in [5.74, 6) is 0. The van der Waals surface area contributed by atoms with Crippen LogP contribution in [0.3, 0.4) is 0 Å². The zero-order valence-corrected chi connectivity index (χ0v) is 22.6. The molecule has 0 aromatic heterocycles. The highest BCUT2D eigenvalue weighted by atomic mass is 15.1. The largest absolute Gasteiger partial charge is 0.307 e. The number of unbranched alkanes of at least 4 members (excludes halogenated alkanes) is 17. The zero-order chi connectivity index (χ0) is 22.8. The van der Waals surface area contributed by atoms with Crippen LogP contribution in [-0.2, 0) is 0 Å². The van der Waals surface area contributed by atoms with E-state index < -0.39 is 0 Å². The van der Waals surface area contributed by atoms with Crippen LogP contribution in [0.1, 0.15) is 149 Å². The molecule has 2 heteroatoms. The first kappa shape index (κ1) is 30.9. The Labute approximate surface area is 198 Å². The molecule has 0 aliphatic carbocycles. The van der Waals surface area contributed by atoms with Gasteiger partial charge in [-0.3, -0.25) is 0 Å². The summed E-state index contributed by atoms with van der Waals surface area (Å²) in [5.41, 5.74) is 0. The Hall–Kier alpha value is -0.0800. The fourth-order valence-corrected chi connectivity index (χ4v) is 4.50. The molecule has 0 saturated carbocycles. The van der Waals surface area contributed by atoms with Crippen molar-refractivity contribution < 1.29 is 0 Å². The van der Waals surface area contributed by atoms with Crippen molar-refractivity contribution in [3.63, 3.8) is 0 Å². The van der Waals surface area contributed by atoms with Crippen LogP contribution < -0.4 is 0 Å². The van der Waals surface area contributed by atoms with Gasteiger partial charge in [-0.25, -0.2) is 0 Å². The van der Waals surface area contributed by atoms with Gasteiger partial charge in [-0.2, -0.15) is 0 Å². The highest BCUT2D eigenvalue weighted by Gasteiger charge is 2.04. The Balaban J connectivity index is 3.49. The van der Waals surface area contributed by atoms with Crippen LogP contribution in [0.15, 0.2) is 0 Å². The van der Waals surface area contributed by atoms with Gasteiger partial charge in [0.05, 0.1) is 0 Å². The molecule has 0 N–H and O–H groups in total. The second-order valence-corrected chi connectivity index (χ2v) is 10.1. The Morgan fingerprint density at radius 2 is 0.645 bits per heavy atom. The van der Waals surface area contributed by atoms with E-state index in [9.17, 15) is 0 Å². The first-order chi connectivity index (χ1) is 15.2. The second kappa shape index (κ2) is 26.2. The van der Waals surface area contributed by atoms with Gasteiger partial charge >= 0.3 is 0 Å². The van der Waals surface area contributed by atoms with Crippen LogP contribution in [0.25, 0.3) is 0 Å². The van der Waals surface area contributed by atoms with E-state index in [4.69, 9.17) is 0 Å². The van der Waals surface area contributed by atoms with Gasteiger partial charge in [-0.15, -0.1) is 0 Å². The molecule has 0 heterocycles. The summed E-state index contributed by atoms with van der Waals surface area (Å²) in [6.07, 6.45) is 28.6. The molecule has 0 rings (SSSR count). The Morgan fingerprint density at radius 1 is 0.355 bits per heavy atom. The first-order valence-corrected chi connectivity index (χ1v) is 14.6. The van der Waals surface area contributed by atoms with Gasteiger partial charge in [0, 0.05) is 0 Å². The molecule has 0 saturated heterocycles. The number of rotatable bonds is 26. The smallest absolute Gasteiger partial charge is 0.00187 e. The van der Waals surface area contributed by atoms with Gasteiger partial charge in [0.15, 0.2) is 0 Å². The third kappa shape index (κ3) is 24.4. The first-order valence-electron chi connectivity index (χ1n) is 14.6. The van der Waals surface area contributed by atoms with E-state index in [1.165, 1.54) is 161 Å². The summed E-state index contributed by atoms with van der Waals surface area (Å²) < 4.78 is 0. The van der Waals surface area contributed by atoms with E-state index in [-0.39, 0.29) is 0 Å². The third-order valence-electron chi connectivity index (χ3n) is 6.96. The average molecular weight is 439 g/mol. The van der Waals surface area contributed by atoms with Gasteiger partial charge in [0.1, 0.15) is 0 Å². The maximum Gasteiger partial charge on any atom is -0.00187 e. The molecule has 0 unspecified atom stereocenters. The van der Waals surface area contributed by atoms with Crippen molar-refractivity contribution in [3.8, 4) is 0 Å². The molecular weight excluding hydrogens is 376 g/mol. The lowest BCUT2D eigenvalue weighted by Gasteiger charge is -2.22. The van der Waals surface area contributed by atoms with Crippen molar-refractivity contribution in [2.75, 3.05) is 39.8 Å². The van der Waals surface area contributed by atoms with Gasteiger partial charge in [-0.05, 0) is 65.5 Å². The SMILES string of the molecule is CCCCCCN(CCCCCC)CCCCCCCCCCCCCCN(C)CC. The topological polar surface area (TPSA) is 6.48 Å². The molecule has 0 fully saturated rings. The molecule has 0 bridgehead atoms. The lowest BCUT2D eigenvalue weighted by Crippen LogP contribution is -2.27. The lowest BCUT2D eigenvalue weighted by atomic mass is 10.0. The van der Waals surface area contributed by atoms with Crippen LogP contribution in [0.4, 0.5) is 0 Å². The van der Waals surface area contributed by atoms with Crippen molar-refractivity contribution in [2.24, 2.45) is 0 Å². The van der Waals surface area contributed by atoms with Crippen LogP contribution in [0.5, 0.6) is 0 Å². The molecule has 0 aromatic carbocycles. The summed E-state index contributed by atoms with van der Waals surface area (Å²) in [5, 5.41) is 0. The normalized spacial score (nSPS) is 11.8. The van der Waals surface area contributed by atoms with Crippen LogP contribution in [-0.4, -0.2) is 49.6 Å². The standard InChI is InChI=1S/C29H62N2/c1-5-8-10-23-27-31(28-24-11-9-6-2)29-25-21-19-17-15-13-12-14-16-18-20-22-26-30(4)7-3/h5-29H2,1-4H3. The van der Waals surface area contributed by atoms with Crippen LogP contribution in [0, 0.1) is 0 Å². The number of nitrogens with zero attached hydrogens (tertiary/aromatic N) is 2. The van der Waals surface area contributed by atoms with Crippen molar-refractivity contribution in [3.05, 3.63) is 0 Å². The molecule has 0 aliphatic rings. The quantitative estimate of drug-likeness (QED) is 0.124. The van der Waals surface area contributed by atoms with Gasteiger partial charge in [0.2, 0.25) is 0 Å². The second-order valence-electron chi connectivity index (χ2n) is 10.1. The average Bonchev–Trinajstić information content (AvgIpc) is 2.78. The van der Waals surface area contributed by atoms with Crippen molar-refractivity contribution in [1.82, 2.24) is 9.80 Å². The molecular formula is C29H62N2. The lowest BCUT2D eigenvalue weighted by molar-refractivity contribution is 0.254. The summed E-state index contributed by atoms with van der Waals surface area (Å²) in [4.78, 5) is 5.21. The fourth-order valence-electron chi connectivity index (χ4n) is 4.50. The third-order valence-corrected chi connectivity index (χ3v) is 6.96. The molecule has 0 aliphatic heterocycles. The monoisotopic (exact) mass is 438 g/mol. The fraction of sp³-hybridized carbons (Fsp3) is 1.00. The van der Waals surface area contributed by atoms with E-state index in [1.54, 1.807) is 0 Å². The molecule has 31 heavy (non-hydrogen) atoms. The van der Waals surface area contributed by atoms with Gasteiger partial charge < -0.3 is 9.80 Å². The maximum atomic E-state index is 2.78. The number of hydrogen-bond acceptors (Lipinski definition) is 2. The molecule has 0 spiro atoms. The minimum absolute atomic E-state index is 1.19. The van der Waals surface area contributed by atoms with E-state index >= 15 is 0 Å². The number of hydrogen-bond donors (Lipinski definition) is 0. The van der Waals surface area contributed by atoms with E-state index in [1.807, 2.05) is 0 Å². The molecule has 0 amide bonds. The van der Waals surface area contributed by atoms with E-state index in [0.29, 0.717) is 0 Å². The molecule has 0 aromatic rings. The molecule has 188 valence electrons. The molecule has 2 nitrogen and oxygen atoms in total. The van der Waals surface area contributed by atoms with Crippen molar-refractivity contribution >= 4 is 0 Å². The summed E-state index contributed by atoms with van der Waals surface area (Å²) in [6.45, 7) is 13.4. The predicted molar refractivity (Wildman–Crippen MR) is 143 cm³/mol. The zero-order valence-electron chi connectivity index (χ0n) is 22.6. The predicted octanol–water partition coefficient (Wildman–Crippen LogP) is 9.08. The Bertz CT molecular complexity index is 306. The Morgan fingerprint density at radius 3 is 0.968 bits per heavy atom. The molecule has 0 radical (unpaired) electrons.